The second kappa shape index (κ2) is 8.84. The van der Waals surface area contributed by atoms with Gasteiger partial charge < -0.3 is 4.72 Å². The third-order valence-electron chi connectivity index (χ3n) is 4.64. The molecule has 4 aromatic rings. The van der Waals surface area contributed by atoms with Crippen LogP contribution in [0.15, 0.2) is 58.3 Å². The number of rotatable bonds is 5. The highest BCUT2D eigenvalue weighted by Crippen LogP contribution is 2.34. The monoisotopic (exact) mass is 470 g/mol. The number of benzene rings is 2. The molecule has 2 N–H and O–H groups in total. The van der Waals surface area contributed by atoms with Crippen LogP contribution in [0.2, 0.25) is 0 Å². The van der Waals surface area contributed by atoms with Crippen molar-refractivity contribution in [3.63, 3.8) is 0 Å². The largest absolute Gasteiger partial charge is 0.323 e. The Morgan fingerprint density at radius 3 is 2.66 bits per heavy atom. The number of fused-ring (bicyclic) bond motifs is 1. The highest BCUT2D eigenvalue weighted by molar-refractivity contribution is 8.00. The van der Waals surface area contributed by atoms with Gasteiger partial charge in [0.25, 0.3) is 0 Å². The fraction of sp³-hybridized carbons (Fsp3) is 0.174. The Hall–Kier alpha value is -3.04. The predicted octanol–water partition coefficient (Wildman–Crippen LogP) is 6.74. The van der Waals surface area contributed by atoms with Crippen LogP contribution in [-0.2, 0) is 4.79 Å². The summed E-state index contributed by atoms with van der Waals surface area (Å²) >= 11 is 2.80. The Morgan fingerprint density at radius 1 is 1.12 bits per heavy atom. The average Bonchev–Trinajstić information content (AvgIpc) is 3.26. The molecule has 2 aromatic heterocycles. The van der Waals surface area contributed by atoms with E-state index >= 15 is 4.39 Å². The van der Waals surface area contributed by atoms with Gasteiger partial charge in [0, 0.05) is 27.3 Å². The summed E-state index contributed by atoms with van der Waals surface area (Å²) in [6, 6.07) is 9.40. The van der Waals surface area contributed by atoms with Gasteiger partial charge in [-0.2, -0.15) is 11.3 Å². The highest BCUT2D eigenvalue weighted by atomic mass is 32.2. The number of hydrogen-bond donors (Lipinski definition) is 2. The van der Waals surface area contributed by atoms with Crippen molar-refractivity contribution < 1.29 is 13.6 Å². The Labute approximate surface area is 192 Å². The van der Waals surface area contributed by atoms with E-state index in [1.165, 1.54) is 41.6 Å². The number of hydrogen-bond acceptors (Lipinski definition) is 6. The summed E-state index contributed by atoms with van der Waals surface area (Å²) in [7, 11) is 0. The normalized spacial score (nSPS) is 11.5. The van der Waals surface area contributed by atoms with E-state index in [0.717, 1.165) is 4.90 Å². The Bertz CT molecular complexity index is 1290. The SMILES string of the molecule is CC(C)(C)C(=O)Nc1ncc2cc(-c3c(F)ccc(NSc4ccsc4)c3F)ccc2n1. The summed E-state index contributed by atoms with van der Waals surface area (Å²) in [6.45, 7) is 5.38. The molecule has 2 aromatic carbocycles. The molecule has 0 fully saturated rings. The molecule has 164 valence electrons. The summed E-state index contributed by atoms with van der Waals surface area (Å²) in [5.41, 5.74) is 0.391. The first-order chi connectivity index (χ1) is 15.2. The molecule has 0 spiro atoms. The zero-order valence-electron chi connectivity index (χ0n) is 17.6. The van der Waals surface area contributed by atoms with Gasteiger partial charge in [0.2, 0.25) is 11.9 Å². The number of carbonyl (C=O) groups is 1. The number of nitrogens with zero attached hydrogens (tertiary/aromatic N) is 2. The van der Waals surface area contributed by atoms with Crippen LogP contribution in [0, 0.1) is 17.0 Å². The molecular weight excluding hydrogens is 450 g/mol. The van der Waals surface area contributed by atoms with E-state index < -0.39 is 17.0 Å². The second-order valence-corrected chi connectivity index (χ2v) is 9.78. The van der Waals surface area contributed by atoms with Gasteiger partial charge in [0.05, 0.1) is 16.8 Å². The lowest BCUT2D eigenvalue weighted by Gasteiger charge is -2.16. The van der Waals surface area contributed by atoms with E-state index in [1.807, 2.05) is 16.8 Å². The zero-order chi connectivity index (χ0) is 22.9. The van der Waals surface area contributed by atoms with E-state index in [0.29, 0.717) is 16.5 Å². The predicted molar refractivity (Wildman–Crippen MR) is 127 cm³/mol. The van der Waals surface area contributed by atoms with Gasteiger partial charge in [-0.15, -0.1) is 0 Å². The van der Waals surface area contributed by atoms with Crippen molar-refractivity contribution >= 4 is 51.7 Å². The molecule has 9 heteroatoms. The minimum absolute atomic E-state index is 0.132. The highest BCUT2D eigenvalue weighted by Gasteiger charge is 2.22. The van der Waals surface area contributed by atoms with Crippen LogP contribution in [0.1, 0.15) is 20.8 Å². The molecule has 0 aliphatic heterocycles. The van der Waals surface area contributed by atoms with Crippen molar-refractivity contribution in [2.24, 2.45) is 5.41 Å². The molecule has 0 unspecified atom stereocenters. The fourth-order valence-electron chi connectivity index (χ4n) is 2.86. The fourth-order valence-corrected chi connectivity index (χ4v) is 4.34. The van der Waals surface area contributed by atoms with Crippen LogP contribution in [0.5, 0.6) is 0 Å². The molecule has 0 saturated heterocycles. The van der Waals surface area contributed by atoms with Gasteiger partial charge in [0.1, 0.15) is 5.82 Å². The maximum atomic E-state index is 15.2. The van der Waals surface area contributed by atoms with Gasteiger partial charge >= 0.3 is 0 Å². The number of anilines is 2. The van der Waals surface area contributed by atoms with Gasteiger partial charge in [0.15, 0.2) is 5.82 Å². The van der Waals surface area contributed by atoms with Crippen molar-refractivity contribution in [3.05, 3.63) is 65.0 Å². The number of carbonyl (C=O) groups excluding carboxylic acids is 1. The molecule has 0 radical (unpaired) electrons. The first-order valence-electron chi connectivity index (χ1n) is 9.74. The van der Waals surface area contributed by atoms with Crippen LogP contribution in [-0.4, -0.2) is 15.9 Å². The number of amides is 1. The molecule has 32 heavy (non-hydrogen) atoms. The van der Waals surface area contributed by atoms with E-state index in [2.05, 4.69) is 20.0 Å². The summed E-state index contributed by atoms with van der Waals surface area (Å²) < 4.78 is 32.7. The summed E-state index contributed by atoms with van der Waals surface area (Å²) in [5, 5.41) is 7.14. The molecule has 0 aliphatic rings. The van der Waals surface area contributed by atoms with Gasteiger partial charge in [-0.3, -0.25) is 10.1 Å². The standard InChI is InChI=1S/C23H20F2N4OS2/c1-23(2,3)21(30)28-22-26-11-14-10-13(4-6-17(14)27-22)19-16(24)5-7-18(20(19)25)29-32-15-8-9-31-12-15/h4-12,29H,1-3H3,(H,26,27,28,30). The van der Waals surface area contributed by atoms with Crippen molar-refractivity contribution in [3.8, 4) is 11.1 Å². The molecule has 4 rings (SSSR count). The van der Waals surface area contributed by atoms with Gasteiger partial charge in [-0.05, 0) is 53.2 Å². The molecule has 0 bridgehead atoms. The van der Waals surface area contributed by atoms with Crippen molar-refractivity contribution in [1.82, 2.24) is 9.97 Å². The molecule has 2 heterocycles. The van der Waals surface area contributed by atoms with Gasteiger partial charge in [-0.25, -0.2) is 18.7 Å². The maximum Gasteiger partial charge on any atom is 0.232 e. The van der Waals surface area contributed by atoms with E-state index in [4.69, 9.17) is 0 Å². The van der Waals surface area contributed by atoms with Crippen molar-refractivity contribution in [2.75, 3.05) is 10.0 Å². The van der Waals surface area contributed by atoms with Crippen LogP contribution in [0.3, 0.4) is 0 Å². The molecular formula is C23H20F2N4OS2. The van der Waals surface area contributed by atoms with E-state index in [1.54, 1.807) is 39.0 Å². The third-order valence-corrected chi connectivity index (χ3v) is 6.28. The Balaban J connectivity index is 1.63. The summed E-state index contributed by atoms with van der Waals surface area (Å²) in [6.07, 6.45) is 1.52. The van der Waals surface area contributed by atoms with E-state index in [-0.39, 0.29) is 23.1 Å². The number of aromatic nitrogens is 2. The van der Waals surface area contributed by atoms with Crippen LogP contribution < -0.4 is 10.0 Å². The quantitative estimate of drug-likeness (QED) is 0.316. The topological polar surface area (TPSA) is 66.9 Å². The molecule has 5 nitrogen and oxygen atoms in total. The molecule has 1 amide bonds. The van der Waals surface area contributed by atoms with Gasteiger partial charge in [-0.1, -0.05) is 26.8 Å². The summed E-state index contributed by atoms with van der Waals surface area (Å²) in [5.74, 6) is -1.37. The smallest absolute Gasteiger partial charge is 0.232 e. The maximum absolute atomic E-state index is 15.2. The molecule has 0 saturated carbocycles. The second-order valence-electron chi connectivity index (χ2n) is 8.12. The van der Waals surface area contributed by atoms with Crippen LogP contribution >= 0.6 is 23.3 Å². The van der Waals surface area contributed by atoms with E-state index in [9.17, 15) is 9.18 Å². The Kier molecular flexibility index (Phi) is 6.12. The lowest BCUT2D eigenvalue weighted by Crippen LogP contribution is -2.28. The molecule has 0 atom stereocenters. The molecule has 0 aliphatic carbocycles. The first kappa shape index (κ1) is 22.2. The number of nitrogens with one attached hydrogen (secondary N) is 2. The lowest BCUT2D eigenvalue weighted by molar-refractivity contribution is -0.123. The average molecular weight is 471 g/mol. The zero-order valence-corrected chi connectivity index (χ0v) is 19.2. The van der Waals surface area contributed by atoms with Crippen molar-refractivity contribution in [1.29, 1.82) is 0 Å². The van der Waals surface area contributed by atoms with Crippen LogP contribution in [0.25, 0.3) is 22.0 Å². The number of thiophene rings is 1. The Morgan fingerprint density at radius 2 is 1.94 bits per heavy atom. The first-order valence-corrected chi connectivity index (χ1v) is 11.5. The summed E-state index contributed by atoms with van der Waals surface area (Å²) in [4.78, 5) is 21.6. The third kappa shape index (κ3) is 4.73. The van der Waals surface area contributed by atoms with Crippen LogP contribution in [0.4, 0.5) is 20.4 Å². The lowest BCUT2D eigenvalue weighted by atomic mass is 9.96. The van der Waals surface area contributed by atoms with Crippen molar-refractivity contribution in [2.45, 2.75) is 25.7 Å². The minimum atomic E-state index is -0.679. The minimum Gasteiger partial charge on any atom is -0.323 e. The number of halogens is 2.